The molecule has 0 spiro atoms. The van der Waals surface area contributed by atoms with E-state index in [0.29, 0.717) is 24.0 Å². The highest BCUT2D eigenvalue weighted by Crippen LogP contribution is 2.22. The van der Waals surface area contributed by atoms with Crippen molar-refractivity contribution in [2.24, 2.45) is 0 Å². The van der Waals surface area contributed by atoms with E-state index in [-0.39, 0.29) is 17.6 Å². The third-order valence-electron chi connectivity index (χ3n) is 5.14. The Hall–Kier alpha value is -3.15. The number of anilines is 1. The molecule has 1 aromatic heterocycles. The molecule has 0 aliphatic carbocycles. The van der Waals surface area contributed by atoms with E-state index in [2.05, 4.69) is 10.3 Å². The second-order valence-electron chi connectivity index (χ2n) is 6.99. The van der Waals surface area contributed by atoms with Crippen LogP contribution in [-0.4, -0.2) is 33.6 Å². The summed E-state index contributed by atoms with van der Waals surface area (Å²) in [6, 6.07) is 15.1. The minimum absolute atomic E-state index is 0.0110. The molecule has 27 heavy (non-hydrogen) atoms. The van der Waals surface area contributed by atoms with Crippen molar-refractivity contribution in [2.75, 3.05) is 18.4 Å². The van der Waals surface area contributed by atoms with Gasteiger partial charge in [-0.2, -0.15) is 0 Å². The maximum Gasteiger partial charge on any atom is 0.321 e. The van der Waals surface area contributed by atoms with Crippen molar-refractivity contribution in [3.05, 3.63) is 70.8 Å². The molecular formula is C21H22N4O2. The van der Waals surface area contributed by atoms with Gasteiger partial charge in [-0.25, -0.2) is 9.78 Å². The van der Waals surface area contributed by atoms with Gasteiger partial charge in [0.05, 0.1) is 17.2 Å². The number of aromatic nitrogens is 2. The van der Waals surface area contributed by atoms with Crippen LogP contribution in [0.2, 0.25) is 0 Å². The van der Waals surface area contributed by atoms with E-state index in [4.69, 9.17) is 0 Å². The molecule has 2 aromatic carbocycles. The Labute approximate surface area is 157 Å². The van der Waals surface area contributed by atoms with Crippen LogP contribution >= 0.6 is 0 Å². The standard InChI is InChI=1S/C21H22N4O2/c1-15-6-8-16(9-7-15)23-21(27)24-12-10-17(11-13-24)25-14-22-19-5-3-2-4-18(19)20(25)26/h2-9,14,17H,10-13H2,1H3,(H,23,27). The summed E-state index contributed by atoms with van der Waals surface area (Å²) < 4.78 is 1.72. The van der Waals surface area contributed by atoms with Gasteiger partial charge in [0.2, 0.25) is 0 Å². The van der Waals surface area contributed by atoms with Gasteiger partial charge in [-0.3, -0.25) is 9.36 Å². The van der Waals surface area contributed by atoms with Crippen LogP contribution < -0.4 is 10.9 Å². The first-order valence-corrected chi connectivity index (χ1v) is 9.20. The summed E-state index contributed by atoms with van der Waals surface area (Å²) >= 11 is 0. The van der Waals surface area contributed by atoms with Crippen LogP contribution in [0.3, 0.4) is 0 Å². The number of hydrogen-bond acceptors (Lipinski definition) is 3. The first kappa shape index (κ1) is 17.3. The van der Waals surface area contributed by atoms with E-state index in [1.54, 1.807) is 15.8 Å². The van der Waals surface area contributed by atoms with Crippen molar-refractivity contribution in [3.63, 3.8) is 0 Å². The number of benzene rings is 2. The molecule has 0 unspecified atom stereocenters. The van der Waals surface area contributed by atoms with Crippen molar-refractivity contribution < 1.29 is 4.79 Å². The molecule has 1 aliphatic rings. The van der Waals surface area contributed by atoms with Crippen LogP contribution in [0.15, 0.2) is 59.7 Å². The Bertz CT molecular complexity index is 1020. The van der Waals surface area contributed by atoms with Gasteiger partial charge >= 0.3 is 6.03 Å². The number of hydrogen-bond donors (Lipinski definition) is 1. The van der Waals surface area contributed by atoms with Gasteiger partial charge in [0.25, 0.3) is 5.56 Å². The molecule has 0 atom stereocenters. The van der Waals surface area contributed by atoms with Crippen LogP contribution in [0.4, 0.5) is 10.5 Å². The quantitative estimate of drug-likeness (QED) is 0.758. The third-order valence-corrected chi connectivity index (χ3v) is 5.14. The van der Waals surface area contributed by atoms with Crippen LogP contribution in [0.5, 0.6) is 0 Å². The number of likely N-dealkylation sites (tertiary alicyclic amines) is 1. The molecule has 2 amide bonds. The smallest absolute Gasteiger partial charge is 0.321 e. The van der Waals surface area contributed by atoms with Gasteiger partial charge < -0.3 is 10.2 Å². The third kappa shape index (κ3) is 3.56. The van der Waals surface area contributed by atoms with Crippen LogP contribution in [0.1, 0.15) is 24.4 Å². The lowest BCUT2D eigenvalue weighted by Gasteiger charge is -2.32. The lowest BCUT2D eigenvalue weighted by Crippen LogP contribution is -2.42. The van der Waals surface area contributed by atoms with Gasteiger partial charge in [-0.05, 0) is 44.0 Å². The van der Waals surface area contributed by atoms with E-state index in [0.717, 1.165) is 24.1 Å². The molecule has 3 aromatic rings. The average Bonchev–Trinajstić information content (AvgIpc) is 2.70. The molecule has 0 saturated carbocycles. The molecule has 2 heterocycles. The van der Waals surface area contributed by atoms with E-state index < -0.39 is 0 Å². The number of nitrogens with zero attached hydrogens (tertiary/aromatic N) is 3. The molecule has 1 aliphatic heterocycles. The number of fused-ring (bicyclic) bond motifs is 1. The molecule has 6 nitrogen and oxygen atoms in total. The van der Waals surface area contributed by atoms with Gasteiger partial charge in [-0.1, -0.05) is 29.8 Å². The van der Waals surface area contributed by atoms with Crippen molar-refractivity contribution in [2.45, 2.75) is 25.8 Å². The summed E-state index contributed by atoms with van der Waals surface area (Å²) in [5.41, 5.74) is 2.66. The highest BCUT2D eigenvalue weighted by Gasteiger charge is 2.25. The highest BCUT2D eigenvalue weighted by atomic mass is 16.2. The molecule has 1 fully saturated rings. The number of carbonyl (C=O) groups excluding carboxylic acids is 1. The summed E-state index contributed by atoms with van der Waals surface area (Å²) in [4.78, 5) is 31.4. The van der Waals surface area contributed by atoms with Crippen molar-refractivity contribution in [1.82, 2.24) is 14.5 Å². The van der Waals surface area contributed by atoms with E-state index in [1.165, 1.54) is 0 Å². The van der Waals surface area contributed by atoms with Gasteiger partial charge in [0.15, 0.2) is 0 Å². The first-order valence-electron chi connectivity index (χ1n) is 9.20. The molecule has 1 saturated heterocycles. The fourth-order valence-corrected chi connectivity index (χ4v) is 3.53. The largest absolute Gasteiger partial charge is 0.324 e. The zero-order valence-electron chi connectivity index (χ0n) is 15.3. The van der Waals surface area contributed by atoms with Gasteiger partial charge in [-0.15, -0.1) is 0 Å². The number of nitrogens with one attached hydrogen (secondary N) is 1. The summed E-state index contributed by atoms with van der Waals surface area (Å²) in [7, 11) is 0. The monoisotopic (exact) mass is 362 g/mol. The Morgan fingerprint density at radius 2 is 1.78 bits per heavy atom. The predicted molar refractivity (Wildman–Crippen MR) is 106 cm³/mol. The minimum Gasteiger partial charge on any atom is -0.324 e. The lowest BCUT2D eigenvalue weighted by atomic mass is 10.0. The predicted octanol–water partition coefficient (Wildman–Crippen LogP) is 3.57. The maximum absolute atomic E-state index is 12.7. The summed E-state index contributed by atoms with van der Waals surface area (Å²) in [6.45, 7) is 3.24. The Kier molecular flexibility index (Phi) is 4.62. The lowest BCUT2D eigenvalue weighted by molar-refractivity contribution is 0.182. The SMILES string of the molecule is Cc1ccc(NC(=O)N2CCC(n3cnc4ccccc4c3=O)CC2)cc1. The second-order valence-corrected chi connectivity index (χ2v) is 6.99. The molecule has 4 rings (SSSR count). The summed E-state index contributed by atoms with van der Waals surface area (Å²) in [5.74, 6) is 0. The van der Waals surface area contributed by atoms with E-state index in [1.807, 2.05) is 55.5 Å². The summed E-state index contributed by atoms with van der Waals surface area (Å²) in [5, 5.41) is 3.57. The normalized spacial score (nSPS) is 15.1. The van der Waals surface area contributed by atoms with E-state index >= 15 is 0 Å². The van der Waals surface area contributed by atoms with Crippen LogP contribution in [-0.2, 0) is 0 Å². The minimum atomic E-state index is -0.0960. The number of amides is 2. The topological polar surface area (TPSA) is 67.2 Å². The fraction of sp³-hybridized carbons (Fsp3) is 0.286. The molecular weight excluding hydrogens is 340 g/mol. The van der Waals surface area contributed by atoms with Crippen molar-refractivity contribution in [3.8, 4) is 0 Å². The van der Waals surface area contributed by atoms with Crippen LogP contribution in [0, 0.1) is 6.92 Å². The Balaban J connectivity index is 1.43. The van der Waals surface area contributed by atoms with Gasteiger partial charge in [0.1, 0.15) is 0 Å². The number of urea groups is 1. The number of para-hydroxylation sites is 1. The Morgan fingerprint density at radius 1 is 1.07 bits per heavy atom. The van der Waals surface area contributed by atoms with E-state index in [9.17, 15) is 9.59 Å². The zero-order chi connectivity index (χ0) is 18.8. The number of carbonyl (C=O) groups is 1. The maximum atomic E-state index is 12.7. The number of rotatable bonds is 2. The molecule has 6 heteroatoms. The number of aryl methyl sites for hydroxylation is 1. The zero-order valence-corrected chi connectivity index (χ0v) is 15.3. The molecule has 0 radical (unpaired) electrons. The molecule has 1 N–H and O–H groups in total. The Morgan fingerprint density at radius 3 is 2.52 bits per heavy atom. The average molecular weight is 362 g/mol. The molecule has 0 bridgehead atoms. The first-order chi connectivity index (χ1) is 13.1. The van der Waals surface area contributed by atoms with Crippen molar-refractivity contribution >= 4 is 22.6 Å². The summed E-state index contributed by atoms with van der Waals surface area (Å²) in [6.07, 6.45) is 3.11. The van der Waals surface area contributed by atoms with Gasteiger partial charge in [0, 0.05) is 24.8 Å². The van der Waals surface area contributed by atoms with Crippen molar-refractivity contribution in [1.29, 1.82) is 0 Å². The second kappa shape index (κ2) is 7.23. The number of piperidine rings is 1. The molecule has 138 valence electrons. The highest BCUT2D eigenvalue weighted by molar-refractivity contribution is 5.89. The van der Waals surface area contributed by atoms with Crippen LogP contribution in [0.25, 0.3) is 10.9 Å². The fourth-order valence-electron chi connectivity index (χ4n) is 3.53.